The van der Waals surface area contributed by atoms with Crippen LogP contribution in [0.2, 0.25) is 0 Å². The largest absolute Gasteiger partial charge is 0.260 e. The molecule has 2 unspecified atom stereocenters. The van der Waals surface area contributed by atoms with E-state index >= 15 is 0 Å². The molecule has 0 N–H and O–H groups in total. The van der Waals surface area contributed by atoms with Gasteiger partial charge in [-0.05, 0) is 29.9 Å². The highest BCUT2D eigenvalue weighted by Gasteiger charge is 2.22. The zero-order valence-corrected chi connectivity index (χ0v) is 7.04. The molecule has 0 aromatic carbocycles. The molecule has 0 bridgehead atoms. The second-order valence-corrected chi connectivity index (χ2v) is 3.57. The summed E-state index contributed by atoms with van der Waals surface area (Å²) in [5.74, 6) is 1.38. The maximum absolute atomic E-state index is 4.34. The Balaban J connectivity index is 2.37. The number of hydrogen-bond acceptors (Lipinski definition) is 1. The fraction of sp³-hybridized carbons (Fsp3) is 0.500. The molecule has 1 nitrogen and oxygen atoms in total. The van der Waals surface area contributed by atoms with Crippen LogP contribution in [0.3, 0.4) is 0 Å². The summed E-state index contributed by atoms with van der Waals surface area (Å²) in [7, 11) is 0. The number of aliphatic imine (C=N–C) groups is 1. The molecule has 1 heterocycles. The minimum absolute atomic E-state index is 0.653. The maximum atomic E-state index is 4.34. The number of fused-ring (bicyclic) bond motifs is 1. The van der Waals surface area contributed by atoms with Gasteiger partial charge in [0.1, 0.15) is 0 Å². The van der Waals surface area contributed by atoms with Crippen molar-refractivity contribution in [2.45, 2.75) is 20.3 Å². The van der Waals surface area contributed by atoms with Crippen LogP contribution in [0, 0.1) is 11.8 Å². The van der Waals surface area contributed by atoms with Crippen LogP contribution in [0.15, 0.2) is 28.9 Å². The van der Waals surface area contributed by atoms with Crippen molar-refractivity contribution in [3.05, 3.63) is 23.9 Å². The summed E-state index contributed by atoms with van der Waals surface area (Å²) in [6.07, 6.45) is 7.60. The van der Waals surface area contributed by atoms with Gasteiger partial charge in [-0.25, -0.2) is 0 Å². The van der Waals surface area contributed by atoms with E-state index in [0.29, 0.717) is 5.92 Å². The van der Waals surface area contributed by atoms with Crippen molar-refractivity contribution >= 4 is 5.71 Å². The first-order valence-corrected chi connectivity index (χ1v) is 4.24. The molecule has 2 aliphatic rings. The predicted octanol–water partition coefficient (Wildman–Crippen LogP) is 2.56. The lowest BCUT2D eigenvalue weighted by Gasteiger charge is -2.22. The second kappa shape index (κ2) is 2.33. The van der Waals surface area contributed by atoms with Gasteiger partial charge in [-0.1, -0.05) is 19.9 Å². The predicted molar refractivity (Wildman–Crippen MR) is 47.6 cm³/mol. The van der Waals surface area contributed by atoms with Gasteiger partial charge in [0.15, 0.2) is 0 Å². The molecule has 0 aromatic heterocycles. The van der Waals surface area contributed by atoms with Gasteiger partial charge in [0.25, 0.3) is 0 Å². The van der Waals surface area contributed by atoms with E-state index in [1.807, 2.05) is 6.20 Å². The highest BCUT2D eigenvalue weighted by molar-refractivity contribution is 6.06. The molecule has 2 rings (SSSR count). The van der Waals surface area contributed by atoms with Gasteiger partial charge >= 0.3 is 0 Å². The Morgan fingerprint density at radius 2 is 2.27 bits per heavy atom. The van der Waals surface area contributed by atoms with Crippen molar-refractivity contribution in [1.82, 2.24) is 0 Å². The molecule has 1 heteroatoms. The second-order valence-electron chi connectivity index (χ2n) is 3.57. The van der Waals surface area contributed by atoms with Crippen LogP contribution in [0.25, 0.3) is 0 Å². The van der Waals surface area contributed by atoms with Crippen molar-refractivity contribution in [2.24, 2.45) is 16.8 Å². The Kier molecular flexibility index (Phi) is 1.45. The summed E-state index contributed by atoms with van der Waals surface area (Å²) in [5, 5.41) is 0. The van der Waals surface area contributed by atoms with E-state index in [-0.39, 0.29) is 0 Å². The monoisotopic (exact) mass is 147 g/mol. The summed E-state index contributed by atoms with van der Waals surface area (Å²) in [6.45, 7) is 4.53. The minimum atomic E-state index is 0.653. The molecule has 0 saturated heterocycles. The van der Waals surface area contributed by atoms with Crippen molar-refractivity contribution in [3.8, 4) is 0 Å². The lowest BCUT2D eigenvalue weighted by molar-refractivity contribution is 0.553. The van der Waals surface area contributed by atoms with Crippen molar-refractivity contribution < 1.29 is 0 Å². The fourth-order valence-electron chi connectivity index (χ4n) is 1.95. The van der Waals surface area contributed by atoms with E-state index in [0.717, 1.165) is 5.92 Å². The first-order valence-electron chi connectivity index (χ1n) is 4.24. The Bertz CT molecular complexity index is 258. The van der Waals surface area contributed by atoms with Crippen LogP contribution in [0.1, 0.15) is 20.3 Å². The summed E-state index contributed by atoms with van der Waals surface area (Å²) in [5.41, 5.74) is 2.65. The number of rotatable bonds is 0. The van der Waals surface area contributed by atoms with Gasteiger partial charge in [-0.2, -0.15) is 0 Å². The Morgan fingerprint density at radius 3 is 3.09 bits per heavy atom. The highest BCUT2D eigenvalue weighted by atomic mass is 14.7. The molecule has 1 aliphatic heterocycles. The Labute approximate surface area is 67.5 Å². The third kappa shape index (κ3) is 1.05. The van der Waals surface area contributed by atoms with E-state index in [1.165, 1.54) is 17.7 Å². The fourth-order valence-corrected chi connectivity index (χ4v) is 1.95. The highest BCUT2D eigenvalue weighted by Crippen LogP contribution is 2.28. The van der Waals surface area contributed by atoms with E-state index in [9.17, 15) is 0 Å². The average molecular weight is 147 g/mol. The van der Waals surface area contributed by atoms with Gasteiger partial charge < -0.3 is 0 Å². The van der Waals surface area contributed by atoms with E-state index in [1.54, 1.807) is 0 Å². The SMILES string of the molecule is CC1C=C2C=CN=C2C(C)C1. The lowest BCUT2D eigenvalue weighted by atomic mass is 9.83. The molecule has 58 valence electrons. The Hall–Kier alpha value is -0.850. The van der Waals surface area contributed by atoms with Crippen molar-refractivity contribution in [2.75, 3.05) is 0 Å². The van der Waals surface area contributed by atoms with Gasteiger partial charge in [0.2, 0.25) is 0 Å². The van der Waals surface area contributed by atoms with Gasteiger partial charge in [0.05, 0.1) is 5.71 Å². The lowest BCUT2D eigenvalue weighted by Crippen LogP contribution is -2.19. The molecular formula is C10H13N. The van der Waals surface area contributed by atoms with Gasteiger partial charge in [-0.3, -0.25) is 4.99 Å². The van der Waals surface area contributed by atoms with E-state index in [4.69, 9.17) is 0 Å². The Morgan fingerprint density at radius 1 is 1.45 bits per heavy atom. The molecule has 0 spiro atoms. The van der Waals surface area contributed by atoms with Crippen molar-refractivity contribution in [3.63, 3.8) is 0 Å². The van der Waals surface area contributed by atoms with Gasteiger partial charge in [-0.15, -0.1) is 0 Å². The van der Waals surface area contributed by atoms with Crippen LogP contribution < -0.4 is 0 Å². The third-order valence-electron chi connectivity index (χ3n) is 2.42. The molecule has 0 fully saturated rings. The zero-order chi connectivity index (χ0) is 7.84. The summed E-state index contributed by atoms with van der Waals surface area (Å²) < 4.78 is 0. The molecule has 0 radical (unpaired) electrons. The zero-order valence-electron chi connectivity index (χ0n) is 7.04. The van der Waals surface area contributed by atoms with Gasteiger partial charge in [0, 0.05) is 6.20 Å². The van der Waals surface area contributed by atoms with E-state index in [2.05, 4.69) is 31.0 Å². The first kappa shape index (κ1) is 6.84. The molecule has 0 amide bonds. The number of nitrogens with zero attached hydrogens (tertiary/aromatic N) is 1. The molecule has 0 saturated carbocycles. The molecule has 2 atom stereocenters. The van der Waals surface area contributed by atoms with Crippen LogP contribution in [-0.4, -0.2) is 5.71 Å². The third-order valence-corrected chi connectivity index (χ3v) is 2.42. The summed E-state index contributed by atoms with van der Waals surface area (Å²) in [4.78, 5) is 4.34. The quantitative estimate of drug-likeness (QED) is 0.499. The first-order chi connectivity index (χ1) is 5.27. The topological polar surface area (TPSA) is 12.4 Å². The van der Waals surface area contributed by atoms with Crippen LogP contribution >= 0.6 is 0 Å². The molecule has 11 heavy (non-hydrogen) atoms. The van der Waals surface area contributed by atoms with Crippen LogP contribution in [0.4, 0.5) is 0 Å². The summed E-state index contributed by atoms with van der Waals surface area (Å²) >= 11 is 0. The molecular weight excluding hydrogens is 134 g/mol. The average Bonchev–Trinajstić information content (AvgIpc) is 2.34. The number of allylic oxidation sites excluding steroid dienone is 3. The standard InChI is InChI=1S/C10H13N/c1-7-5-8(2)10-9(6-7)3-4-11-10/h3-4,6-8H,5H2,1-2H3. The normalized spacial score (nSPS) is 34.7. The van der Waals surface area contributed by atoms with Crippen LogP contribution in [0.5, 0.6) is 0 Å². The minimum Gasteiger partial charge on any atom is -0.260 e. The molecule has 0 aromatic rings. The number of hydrogen-bond donors (Lipinski definition) is 0. The summed E-state index contributed by atoms with van der Waals surface area (Å²) in [6, 6.07) is 0. The smallest absolute Gasteiger partial charge is 0.0501 e. The van der Waals surface area contributed by atoms with Crippen molar-refractivity contribution in [1.29, 1.82) is 0 Å². The van der Waals surface area contributed by atoms with Crippen LogP contribution in [-0.2, 0) is 0 Å². The van der Waals surface area contributed by atoms with E-state index < -0.39 is 0 Å². The maximum Gasteiger partial charge on any atom is 0.0501 e. The molecule has 1 aliphatic carbocycles.